The van der Waals surface area contributed by atoms with Gasteiger partial charge >= 0.3 is 0 Å². The monoisotopic (exact) mass is 180 g/mol. The molecule has 0 aromatic carbocycles. The minimum Gasteiger partial charge on any atom is -0.380 e. The van der Waals surface area contributed by atoms with E-state index < -0.39 is 0 Å². The molecule has 72 valence electrons. The topological polar surface area (TPSA) is 26.3 Å². The van der Waals surface area contributed by atoms with Crippen LogP contribution in [0.2, 0.25) is 0 Å². The number of aldehydes is 1. The minimum atomic E-state index is -0.142. The first kappa shape index (κ1) is 8.95. The molecule has 1 saturated heterocycles. The molecule has 2 nitrogen and oxygen atoms in total. The van der Waals surface area contributed by atoms with E-state index in [1.807, 2.05) is 0 Å². The van der Waals surface area contributed by atoms with Crippen LogP contribution in [0.25, 0.3) is 0 Å². The fourth-order valence-corrected chi connectivity index (χ4v) is 2.34. The van der Waals surface area contributed by atoms with E-state index in [2.05, 4.69) is 12.2 Å². The van der Waals surface area contributed by atoms with Gasteiger partial charge in [-0.05, 0) is 31.6 Å². The Labute approximate surface area is 79.0 Å². The largest absolute Gasteiger partial charge is 0.380 e. The molecular weight excluding hydrogens is 164 g/mol. The fraction of sp³-hybridized carbons (Fsp3) is 0.727. The van der Waals surface area contributed by atoms with Crippen LogP contribution in [0.1, 0.15) is 25.7 Å². The Morgan fingerprint density at radius 2 is 2.23 bits per heavy atom. The second-order valence-electron chi connectivity index (χ2n) is 4.30. The second-order valence-corrected chi connectivity index (χ2v) is 4.30. The smallest absolute Gasteiger partial charge is 0.128 e. The average Bonchev–Trinajstić information content (AvgIpc) is 2.77. The molecule has 1 heterocycles. The molecular formula is C11H16O2. The van der Waals surface area contributed by atoms with Crippen LogP contribution < -0.4 is 0 Å². The molecule has 1 aliphatic carbocycles. The Bertz CT molecular complexity index is 206. The van der Waals surface area contributed by atoms with Gasteiger partial charge in [-0.25, -0.2) is 0 Å². The van der Waals surface area contributed by atoms with Crippen LogP contribution in [0, 0.1) is 11.3 Å². The molecule has 2 aliphatic rings. The van der Waals surface area contributed by atoms with Crippen molar-refractivity contribution < 1.29 is 9.53 Å². The standard InChI is InChI=1S/C11H16O2/c12-8-11(5-6-13-9-11)7-10-3-1-2-4-10/h1-2,8,10H,3-7,9H2. The van der Waals surface area contributed by atoms with Crippen LogP contribution >= 0.6 is 0 Å². The summed E-state index contributed by atoms with van der Waals surface area (Å²) >= 11 is 0. The number of ether oxygens (including phenoxy) is 1. The van der Waals surface area contributed by atoms with Gasteiger partial charge in [-0.2, -0.15) is 0 Å². The first-order chi connectivity index (χ1) is 6.35. The van der Waals surface area contributed by atoms with E-state index in [1.165, 1.54) is 0 Å². The Hall–Kier alpha value is -0.630. The van der Waals surface area contributed by atoms with Crippen molar-refractivity contribution in [1.82, 2.24) is 0 Å². The van der Waals surface area contributed by atoms with E-state index in [1.54, 1.807) is 0 Å². The predicted molar refractivity (Wildman–Crippen MR) is 50.4 cm³/mol. The fourth-order valence-electron chi connectivity index (χ4n) is 2.34. The molecule has 1 unspecified atom stereocenters. The maximum absolute atomic E-state index is 11.0. The van der Waals surface area contributed by atoms with Gasteiger partial charge in [-0.3, -0.25) is 0 Å². The molecule has 1 fully saturated rings. The Balaban J connectivity index is 1.93. The summed E-state index contributed by atoms with van der Waals surface area (Å²) in [6, 6.07) is 0. The zero-order valence-corrected chi connectivity index (χ0v) is 7.87. The average molecular weight is 180 g/mol. The van der Waals surface area contributed by atoms with Crippen molar-refractivity contribution >= 4 is 6.29 Å². The SMILES string of the molecule is O=CC1(CC2CC=CC2)CCOC1. The van der Waals surface area contributed by atoms with Crippen LogP contribution in [0.5, 0.6) is 0 Å². The lowest BCUT2D eigenvalue weighted by Gasteiger charge is -2.23. The Morgan fingerprint density at radius 3 is 2.77 bits per heavy atom. The highest BCUT2D eigenvalue weighted by Crippen LogP contribution is 2.37. The van der Waals surface area contributed by atoms with Crippen molar-refractivity contribution in [2.45, 2.75) is 25.7 Å². The normalized spacial score (nSPS) is 34.2. The van der Waals surface area contributed by atoms with Gasteiger partial charge in [0.2, 0.25) is 0 Å². The van der Waals surface area contributed by atoms with Crippen LogP contribution in [-0.2, 0) is 9.53 Å². The van der Waals surface area contributed by atoms with Crippen LogP contribution in [0.4, 0.5) is 0 Å². The zero-order valence-electron chi connectivity index (χ0n) is 7.87. The number of hydrogen-bond acceptors (Lipinski definition) is 2. The Kier molecular flexibility index (Phi) is 2.49. The van der Waals surface area contributed by atoms with Gasteiger partial charge in [-0.15, -0.1) is 0 Å². The summed E-state index contributed by atoms with van der Waals surface area (Å²) in [6.07, 6.45) is 9.80. The summed E-state index contributed by atoms with van der Waals surface area (Å²) in [5, 5.41) is 0. The third-order valence-electron chi connectivity index (χ3n) is 3.18. The number of allylic oxidation sites excluding steroid dienone is 2. The quantitative estimate of drug-likeness (QED) is 0.490. The summed E-state index contributed by atoms with van der Waals surface area (Å²) in [5.74, 6) is 0.687. The minimum absolute atomic E-state index is 0.142. The number of carbonyl (C=O) groups is 1. The van der Waals surface area contributed by atoms with Crippen molar-refractivity contribution in [1.29, 1.82) is 0 Å². The van der Waals surface area contributed by atoms with Crippen molar-refractivity contribution in [3.05, 3.63) is 12.2 Å². The van der Waals surface area contributed by atoms with Gasteiger partial charge in [0.15, 0.2) is 0 Å². The van der Waals surface area contributed by atoms with Gasteiger partial charge in [0.05, 0.1) is 12.0 Å². The first-order valence-corrected chi connectivity index (χ1v) is 5.04. The van der Waals surface area contributed by atoms with E-state index in [-0.39, 0.29) is 5.41 Å². The van der Waals surface area contributed by atoms with Gasteiger partial charge in [0.25, 0.3) is 0 Å². The molecule has 0 aromatic rings. The molecule has 0 radical (unpaired) electrons. The molecule has 0 amide bonds. The summed E-state index contributed by atoms with van der Waals surface area (Å²) in [4.78, 5) is 11.0. The van der Waals surface area contributed by atoms with Crippen molar-refractivity contribution in [2.75, 3.05) is 13.2 Å². The van der Waals surface area contributed by atoms with Crippen LogP contribution in [0.3, 0.4) is 0 Å². The maximum atomic E-state index is 11.0. The lowest BCUT2D eigenvalue weighted by molar-refractivity contribution is -0.117. The first-order valence-electron chi connectivity index (χ1n) is 5.04. The van der Waals surface area contributed by atoms with Crippen molar-refractivity contribution in [2.24, 2.45) is 11.3 Å². The highest BCUT2D eigenvalue weighted by molar-refractivity contribution is 5.60. The maximum Gasteiger partial charge on any atom is 0.128 e. The zero-order chi connectivity index (χ0) is 9.15. The molecule has 0 aromatic heterocycles. The summed E-state index contributed by atoms with van der Waals surface area (Å²) in [7, 11) is 0. The lowest BCUT2D eigenvalue weighted by Crippen LogP contribution is -2.25. The third-order valence-corrected chi connectivity index (χ3v) is 3.18. The highest BCUT2D eigenvalue weighted by atomic mass is 16.5. The summed E-state index contributed by atoms with van der Waals surface area (Å²) < 4.78 is 5.31. The van der Waals surface area contributed by atoms with Gasteiger partial charge < -0.3 is 9.53 Å². The van der Waals surface area contributed by atoms with Gasteiger partial charge in [0.1, 0.15) is 6.29 Å². The Morgan fingerprint density at radius 1 is 1.46 bits per heavy atom. The van der Waals surface area contributed by atoms with E-state index >= 15 is 0 Å². The molecule has 1 atom stereocenters. The van der Waals surface area contributed by atoms with Crippen molar-refractivity contribution in [3.8, 4) is 0 Å². The van der Waals surface area contributed by atoms with E-state index in [0.29, 0.717) is 12.5 Å². The summed E-state index contributed by atoms with van der Waals surface area (Å²) in [5.41, 5.74) is -0.142. The van der Waals surface area contributed by atoms with Crippen LogP contribution in [-0.4, -0.2) is 19.5 Å². The van der Waals surface area contributed by atoms with Gasteiger partial charge in [-0.1, -0.05) is 12.2 Å². The van der Waals surface area contributed by atoms with Gasteiger partial charge in [0, 0.05) is 6.61 Å². The molecule has 0 spiro atoms. The lowest BCUT2D eigenvalue weighted by atomic mass is 9.79. The van der Waals surface area contributed by atoms with Crippen molar-refractivity contribution in [3.63, 3.8) is 0 Å². The number of hydrogen-bond donors (Lipinski definition) is 0. The third kappa shape index (κ3) is 1.83. The summed E-state index contributed by atoms with van der Waals surface area (Å²) in [6.45, 7) is 1.41. The number of rotatable bonds is 3. The highest BCUT2D eigenvalue weighted by Gasteiger charge is 2.36. The second kappa shape index (κ2) is 3.62. The predicted octanol–water partition coefficient (Wildman–Crippen LogP) is 1.95. The molecule has 0 bridgehead atoms. The molecule has 2 rings (SSSR count). The molecule has 2 heteroatoms. The molecule has 0 N–H and O–H groups in total. The van der Waals surface area contributed by atoms with E-state index in [0.717, 1.165) is 38.6 Å². The van der Waals surface area contributed by atoms with Crippen LogP contribution in [0.15, 0.2) is 12.2 Å². The van der Waals surface area contributed by atoms with E-state index in [4.69, 9.17) is 4.74 Å². The molecule has 0 saturated carbocycles. The molecule has 13 heavy (non-hydrogen) atoms. The molecule has 1 aliphatic heterocycles. The van der Waals surface area contributed by atoms with E-state index in [9.17, 15) is 4.79 Å². The number of carbonyl (C=O) groups excluding carboxylic acids is 1.